The van der Waals surface area contributed by atoms with Gasteiger partial charge in [-0.2, -0.15) is 0 Å². The van der Waals surface area contributed by atoms with Gasteiger partial charge < -0.3 is 11.1 Å². The van der Waals surface area contributed by atoms with Gasteiger partial charge in [-0.1, -0.05) is 54.1 Å². The number of nitrogens with two attached hydrogens (primary N) is 1. The first-order valence-corrected chi connectivity index (χ1v) is 7.29. The van der Waals surface area contributed by atoms with Gasteiger partial charge in [-0.25, -0.2) is 0 Å². The fraction of sp³-hybridized carbons (Fsp3) is 0.235. The molecule has 0 aliphatic rings. The predicted octanol–water partition coefficient (Wildman–Crippen LogP) is 3.61. The molecule has 0 radical (unpaired) electrons. The molecule has 0 heterocycles. The maximum Gasteiger partial charge on any atom is 0.222 e. The van der Waals surface area contributed by atoms with Crippen LogP contribution in [-0.2, 0) is 4.79 Å². The molecule has 2 aromatic rings. The number of benzene rings is 2. The van der Waals surface area contributed by atoms with Crippen LogP contribution >= 0.6 is 11.6 Å². The van der Waals surface area contributed by atoms with E-state index in [1.807, 2.05) is 61.5 Å². The number of halogens is 1. The summed E-state index contributed by atoms with van der Waals surface area (Å²) in [5.41, 5.74) is 7.99. The summed E-state index contributed by atoms with van der Waals surface area (Å²) in [4.78, 5) is 12.1. The third kappa shape index (κ3) is 4.59. The predicted molar refractivity (Wildman–Crippen MR) is 86.0 cm³/mol. The van der Waals surface area contributed by atoms with E-state index in [4.69, 9.17) is 17.3 Å². The molecular formula is C17H19ClN2O. The topological polar surface area (TPSA) is 55.1 Å². The molecule has 0 saturated carbocycles. The van der Waals surface area contributed by atoms with Crippen molar-refractivity contribution in [2.24, 2.45) is 5.73 Å². The lowest BCUT2D eigenvalue weighted by atomic mass is 10.0. The Balaban J connectivity index is 1.92. The molecule has 4 heteroatoms. The maximum absolute atomic E-state index is 12.1. The summed E-state index contributed by atoms with van der Waals surface area (Å²) in [6.45, 7) is 1.93. The van der Waals surface area contributed by atoms with Gasteiger partial charge in [0.2, 0.25) is 5.91 Å². The van der Waals surface area contributed by atoms with E-state index in [1.54, 1.807) is 0 Å². The van der Waals surface area contributed by atoms with Crippen LogP contribution < -0.4 is 11.1 Å². The average Bonchev–Trinajstić information content (AvgIpc) is 2.48. The highest BCUT2D eigenvalue weighted by atomic mass is 35.5. The van der Waals surface area contributed by atoms with Crippen LogP contribution in [0.3, 0.4) is 0 Å². The van der Waals surface area contributed by atoms with Crippen molar-refractivity contribution in [2.45, 2.75) is 25.4 Å². The van der Waals surface area contributed by atoms with Crippen LogP contribution in [0.5, 0.6) is 0 Å². The van der Waals surface area contributed by atoms with Gasteiger partial charge in [-0.05, 0) is 30.2 Å². The largest absolute Gasteiger partial charge is 0.350 e. The van der Waals surface area contributed by atoms with Crippen molar-refractivity contribution in [3.8, 4) is 0 Å². The van der Waals surface area contributed by atoms with Crippen LogP contribution in [0.2, 0.25) is 5.02 Å². The molecule has 2 atom stereocenters. The molecule has 1 unspecified atom stereocenters. The van der Waals surface area contributed by atoms with E-state index in [0.717, 1.165) is 11.1 Å². The van der Waals surface area contributed by atoms with E-state index < -0.39 is 0 Å². The van der Waals surface area contributed by atoms with E-state index >= 15 is 0 Å². The van der Waals surface area contributed by atoms with Gasteiger partial charge >= 0.3 is 0 Å². The lowest BCUT2D eigenvalue weighted by molar-refractivity contribution is -0.122. The summed E-state index contributed by atoms with van der Waals surface area (Å²) in [5.74, 6) is -0.0705. The molecule has 1 amide bonds. The van der Waals surface area contributed by atoms with Crippen LogP contribution in [0, 0.1) is 0 Å². The molecule has 2 rings (SSSR count). The first-order chi connectivity index (χ1) is 10.1. The number of carbonyl (C=O) groups excluding carboxylic acids is 1. The standard InChI is InChI=1S/C17H19ClN2O/c1-12(14-8-5-9-15(18)10-14)20-17(21)11-16(19)13-6-3-2-4-7-13/h2-10,12,16H,11,19H2,1H3,(H,20,21)/t12-,16?/m1/s1. The minimum absolute atomic E-state index is 0.0705. The van der Waals surface area contributed by atoms with Crippen LogP contribution in [0.4, 0.5) is 0 Å². The van der Waals surface area contributed by atoms with Gasteiger partial charge in [-0.3, -0.25) is 4.79 Å². The number of hydrogen-bond donors (Lipinski definition) is 2. The summed E-state index contributed by atoms with van der Waals surface area (Å²) in [6, 6.07) is 16.7. The Labute approximate surface area is 130 Å². The van der Waals surface area contributed by atoms with Gasteiger partial charge in [0.15, 0.2) is 0 Å². The number of amides is 1. The number of nitrogens with one attached hydrogen (secondary N) is 1. The molecule has 0 bridgehead atoms. The van der Waals surface area contributed by atoms with Gasteiger partial charge in [0.1, 0.15) is 0 Å². The van der Waals surface area contributed by atoms with Crippen molar-refractivity contribution in [3.63, 3.8) is 0 Å². The summed E-state index contributed by atoms with van der Waals surface area (Å²) in [7, 11) is 0. The number of rotatable bonds is 5. The molecule has 0 saturated heterocycles. The molecule has 3 N–H and O–H groups in total. The number of carbonyl (C=O) groups is 1. The van der Waals surface area contributed by atoms with Gasteiger partial charge in [0, 0.05) is 17.5 Å². The first-order valence-electron chi connectivity index (χ1n) is 6.91. The van der Waals surface area contributed by atoms with Crippen molar-refractivity contribution >= 4 is 17.5 Å². The van der Waals surface area contributed by atoms with Crippen molar-refractivity contribution in [3.05, 3.63) is 70.7 Å². The second kappa shape index (κ2) is 7.25. The van der Waals surface area contributed by atoms with Crippen molar-refractivity contribution in [1.82, 2.24) is 5.32 Å². The van der Waals surface area contributed by atoms with Crippen LogP contribution in [0.25, 0.3) is 0 Å². The molecule has 110 valence electrons. The highest BCUT2D eigenvalue weighted by Crippen LogP contribution is 2.18. The van der Waals surface area contributed by atoms with Crippen molar-refractivity contribution in [2.75, 3.05) is 0 Å². The van der Waals surface area contributed by atoms with Crippen molar-refractivity contribution < 1.29 is 4.79 Å². The Morgan fingerprint density at radius 1 is 1.14 bits per heavy atom. The first kappa shape index (κ1) is 15.5. The Bertz CT molecular complexity index is 601. The molecular weight excluding hydrogens is 284 g/mol. The Morgan fingerprint density at radius 2 is 1.81 bits per heavy atom. The second-order valence-electron chi connectivity index (χ2n) is 5.07. The summed E-state index contributed by atoms with van der Waals surface area (Å²) in [6.07, 6.45) is 0.259. The second-order valence-corrected chi connectivity index (χ2v) is 5.50. The van der Waals surface area contributed by atoms with Gasteiger partial charge in [-0.15, -0.1) is 0 Å². The molecule has 3 nitrogen and oxygen atoms in total. The fourth-order valence-electron chi connectivity index (χ4n) is 2.18. The molecule has 0 aliphatic carbocycles. The summed E-state index contributed by atoms with van der Waals surface area (Å²) >= 11 is 5.96. The molecule has 0 fully saturated rings. The van der Waals surface area contributed by atoms with Gasteiger partial charge in [0.05, 0.1) is 6.04 Å². The third-order valence-electron chi connectivity index (χ3n) is 3.36. The van der Waals surface area contributed by atoms with E-state index in [0.29, 0.717) is 5.02 Å². The monoisotopic (exact) mass is 302 g/mol. The van der Waals surface area contributed by atoms with Crippen LogP contribution in [0.15, 0.2) is 54.6 Å². The summed E-state index contributed by atoms with van der Waals surface area (Å²) in [5, 5.41) is 3.61. The molecule has 0 spiro atoms. The SMILES string of the molecule is C[C@@H](NC(=O)CC(N)c1ccccc1)c1cccc(Cl)c1. The van der Waals surface area contributed by atoms with E-state index in [-0.39, 0.29) is 24.4 Å². The van der Waals surface area contributed by atoms with Crippen LogP contribution in [-0.4, -0.2) is 5.91 Å². The Kier molecular flexibility index (Phi) is 5.37. The zero-order valence-electron chi connectivity index (χ0n) is 11.9. The molecule has 0 aromatic heterocycles. The van der Waals surface area contributed by atoms with Gasteiger partial charge in [0.25, 0.3) is 0 Å². The highest BCUT2D eigenvalue weighted by Gasteiger charge is 2.14. The molecule has 0 aliphatic heterocycles. The molecule has 2 aromatic carbocycles. The van der Waals surface area contributed by atoms with Crippen molar-refractivity contribution in [1.29, 1.82) is 0 Å². The fourth-order valence-corrected chi connectivity index (χ4v) is 2.38. The maximum atomic E-state index is 12.1. The minimum atomic E-state index is -0.294. The van der Waals surface area contributed by atoms with E-state index in [9.17, 15) is 4.79 Å². The van der Waals surface area contributed by atoms with E-state index in [2.05, 4.69) is 5.32 Å². The third-order valence-corrected chi connectivity index (χ3v) is 3.59. The Hall–Kier alpha value is -1.84. The zero-order chi connectivity index (χ0) is 15.2. The normalized spacial score (nSPS) is 13.5. The average molecular weight is 303 g/mol. The quantitative estimate of drug-likeness (QED) is 0.886. The van der Waals surface area contributed by atoms with Crippen LogP contribution in [0.1, 0.15) is 36.6 Å². The minimum Gasteiger partial charge on any atom is -0.350 e. The Morgan fingerprint density at radius 3 is 2.48 bits per heavy atom. The highest BCUT2D eigenvalue weighted by molar-refractivity contribution is 6.30. The lowest BCUT2D eigenvalue weighted by Gasteiger charge is -2.17. The number of hydrogen-bond acceptors (Lipinski definition) is 2. The lowest BCUT2D eigenvalue weighted by Crippen LogP contribution is -2.29. The smallest absolute Gasteiger partial charge is 0.222 e. The zero-order valence-corrected chi connectivity index (χ0v) is 12.7. The van der Waals surface area contributed by atoms with E-state index in [1.165, 1.54) is 0 Å². The molecule has 21 heavy (non-hydrogen) atoms. The summed E-state index contributed by atoms with van der Waals surface area (Å²) < 4.78 is 0.